The lowest BCUT2D eigenvalue weighted by Crippen LogP contribution is -2.47. The van der Waals surface area contributed by atoms with Crippen LogP contribution in [0.3, 0.4) is 0 Å². The predicted octanol–water partition coefficient (Wildman–Crippen LogP) is 3.48. The maximum atomic E-state index is 12.6. The fourth-order valence-corrected chi connectivity index (χ4v) is 3.62. The van der Waals surface area contributed by atoms with Gasteiger partial charge in [-0.15, -0.1) is 0 Å². The van der Waals surface area contributed by atoms with Crippen molar-refractivity contribution in [1.29, 1.82) is 0 Å². The third-order valence-corrected chi connectivity index (χ3v) is 4.81. The first-order chi connectivity index (χ1) is 13.6. The Labute approximate surface area is 177 Å². The maximum absolute atomic E-state index is 12.6. The van der Waals surface area contributed by atoms with Crippen LogP contribution in [-0.4, -0.2) is 48.9 Å². The normalized spacial score (nSPS) is 12.2. The van der Waals surface area contributed by atoms with Crippen LogP contribution in [0, 0.1) is 5.92 Å². The van der Waals surface area contributed by atoms with Crippen molar-refractivity contribution in [3.05, 3.63) is 56.7 Å². The van der Waals surface area contributed by atoms with Crippen molar-refractivity contribution in [2.45, 2.75) is 39.4 Å². The number of benzene rings is 1. The van der Waals surface area contributed by atoms with Crippen molar-refractivity contribution in [2.75, 3.05) is 6.54 Å². The molecule has 1 aromatic heterocycles. The number of carbonyl (C=O) groups is 2. The Kier molecular flexibility index (Phi) is 7.75. The highest BCUT2D eigenvalue weighted by molar-refractivity contribution is 6.34. The van der Waals surface area contributed by atoms with Gasteiger partial charge in [0.15, 0.2) is 0 Å². The molecule has 2 N–H and O–H groups in total. The average Bonchev–Trinajstić information content (AvgIpc) is 2.92. The lowest BCUT2D eigenvalue weighted by atomic mass is 10.0. The van der Waals surface area contributed by atoms with E-state index in [0.717, 1.165) is 10.5 Å². The summed E-state index contributed by atoms with van der Waals surface area (Å²) in [5.41, 5.74) is 0.402. The second-order valence-electron chi connectivity index (χ2n) is 7.14. The first-order valence-electron chi connectivity index (χ1n) is 9.01. The van der Waals surface area contributed by atoms with Gasteiger partial charge >= 0.3 is 17.8 Å². The Morgan fingerprint density at radius 2 is 1.66 bits per heavy atom. The molecule has 2 rings (SSSR count). The molecule has 0 radical (unpaired) electrons. The minimum Gasteiger partial charge on any atom is -0.480 e. The van der Waals surface area contributed by atoms with Crippen molar-refractivity contribution < 1.29 is 19.8 Å². The van der Waals surface area contributed by atoms with Gasteiger partial charge in [-0.1, -0.05) is 37.0 Å². The van der Waals surface area contributed by atoms with Crippen LogP contribution in [0.15, 0.2) is 35.4 Å². The fourth-order valence-electron chi connectivity index (χ4n) is 3.05. The van der Waals surface area contributed by atoms with E-state index in [1.165, 1.54) is 15.3 Å². The Hall–Kier alpha value is -2.45. The van der Waals surface area contributed by atoms with Crippen LogP contribution in [0.4, 0.5) is 4.79 Å². The quantitative estimate of drug-likeness (QED) is 0.616. The molecule has 0 aliphatic carbocycles. The Bertz CT molecular complexity index is 918. The van der Waals surface area contributed by atoms with Gasteiger partial charge in [0.1, 0.15) is 6.04 Å². The largest absolute Gasteiger partial charge is 0.480 e. The van der Waals surface area contributed by atoms with E-state index in [1.807, 2.05) is 13.8 Å². The molecule has 10 heteroatoms. The predicted molar refractivity (Wildman–Crippen MR) is 110 cm³/mol. The van der Waals surface area contributed by atoms with E-state index in [2.05, 4.69) is 0 Å². The molecular weight excluding hydrogens is 421 g/mol. The van der Waals surface area contributed by atoms with Gasteiger partial charge in [-0.2, -0.15) is 0 Å². The summed E-state index contributed by atoms with van der Waals surface area (Å²) in [6.07, 6.45) is 1.96. The topological polar surface area (TPSA) is 105 Å². The van der Waals surface area contributed by atoms with Crippen LogP contribution in [0.2, 0.25) is 10.0 Å². The Balaban J connectivity index is 2.14. The van der Waals surface area contributed by atoms with Crippen molar-refractivity contribution in [1.82, 2.24) is 14.0 Å². The number of hydrogen-bond donors (Lipinski definition) is 2. The Morgan fingerprint density at radius 3 is 2.17 bits per heavy atom. The lowest BCUT2D eigenvalue weighted by molar-refractivity contribution is -0.143. The Morgan fingerprint density at radius 1 is 1.07 bits per heavy atom. The number of hydrogen-bond acceptors (Lipinski definition) is 3. The molecule has 0 aliphatic rings. The van der Waals surface area contributed by atoms with Crippen LogP contribution in [-0.2, 0) is 17.9 Å². The summed E-state index contributed by atoms with van der Waals surface area (Å²) in [4.78, 5) is 36.6. The van der Waals surface area contributed by atoms with Gasteiger partial charge in [0, 0.05) is 35.5 Å². The summed E-state index contributed by atoms with van der Waals surface area (Å²) < 4.78 is 2.78. The van der Waals surface area contributed by atoms with Gasteiger partial charge in [-0.3, -0.25) is 14.0 Å². The highest BCUT2D eigenvalue weighted by Crippen LogP contribution is 2.19. The van der Waals surface area contributed by atoms with E-state index in [4.69, 9.17) is 23.2 Å². The van der Waals surface area contributed by atoms with Crippen molar-refractivity contribution in [3.63, 3.8) is 0 Å². The number of carboxylic acid groups (broad SMARTS) is 2. The zero-order valence-electron chi connectivity index (χ0n) is 16.1. The van der Waals surface area contributed by atoms with E-state index in [9.17, 15) is 24.6 Å². The first-order valence-corrected chi connectivity index (χ1v) is 9.77. The lowest BCUT2D eigenvalue weighted by Gasteiger charge is -2.27. The number of amides is 1. The standard InChI is InChI=1S/C19H23Cl2N3O5/c1-12(2)7-16(17(25)26)24(19(28)29)6-5-22-3-4-23(18(22)27)11-13-8-14(20)10-15(21)9-13/h3-4,8-10,12,16H,5-7,11H2,1-2H3,(H,25,26)(H,28,29). The minimum atomic E-state index is -1.33. The van der Waals surface area contributed by atoms with Crippen molar-refractivity contribution >= 4 is 35.3 Å². The smallest absolute Gasteiger partial charge is 0.408 e. The molecule has 1 unspecified atom stereocenters. The monoisotopic (exact) mass is 443 g/mol. The molecule has 0 aliphatic heterocycles. The molecule has 0 saturated heterocycles. The summed E-state index contributed by atoms with van der Waals surface area (Å²) in [7, 11) is 0. The van der Waals surface area contributed by atoms with E-state index in [0.29, 0.717) is 10.0 Å². The number of aliphatic carboxylic acids is 1. The molecule has 1 atom stereocenters. The molecule has 158 valence electrons. The van der Waals surface area contributed by atoms with Gasteiger partial charge in [0.05, 0.1) is 6.54 Å². The summed E-state index contributed by atoms with van der Waals surface area (Å²) in [6, 6.07) is 3.83. The van der Waals surface area contributed by atoms with Gasteiger partial charge in [0.2, 0.25) is 0 Å². The molecule has 8 nitrogen and oxygen atoms in total. The summed E-state index contributed by atoms with van der Waals surface area (Å²) in [5, 5.41) is 19.8. The van der Waals surface area contributed by atoms with Crippen LogP contribution < -0.4 is 5.69 Å². The van der Waals surface area contributed by atoms with E-state index in [-0.39, 0.29) is 37.7 Å². The van der Waals surface area contributed by atoms with Crippen LogP contribution >= 0.6 is 23.2 Å². The van der Waals surface area contributed by atoms with Gasteiger partial charge in [-0.25, -0.2) is 14.4 Å². The van der Waals surface area contributed by atoms with E-state index in [1.54, 1.807) is 24.4 Å². The highest BCUT2D eigenvalue weighted by Gasteiger charge is 2.30. The zero-order valence-corrected chi connectivity index (χ0v) is 17.6. The molecular formula is C19H23Cl2N3O5. The number of aromatic nitrogens is 2. The van der Waals surface area contributed by atoms with Gasteiger partial charge in [-0.05, 0) is 36.1 Å². The summed E-state index contributed by atoms with van der Waals surface area (Å²) >= 11 is 12.0. The van der Waals surface area contributed by atoms with Crippen LogP contribution in [0.25, 0.3) is 0 Å². The van der Waals surface area contributed by atoms with Crippen molar-refractivity contribution in [2.24, 2.45) is 5.92 Å². The maximum Gasteiger partial charge on any atom is 0.408 e. The number of rotatable bonds is 9. The third kappa shape index (κ3) is 6.27. The number of imidazole rings is 1. The van der Waals surface area contributed by atoms with Crippen LogP contribution in [0.5, 0.6) is 0 Å². The van der Waals surface area contributed by atoms with Gasteiger partial charge in [0.25, 0.3) is 0 Å². The second-order valence-corrected chi connectivity index (χ2v) is 8.01. The zero-order chi connectivity index (χ0) is 21.7. The number of nitrogens with zero attached hydrogens (tertiary/aromatic N) is 3. The SMILES string of the molecule is CC(C)CC(C(=O)O)N(CCn1ccn(Cc2cc(Cl)cc(Cl)c2)c1=O)C(=O)O. The summed E-state index contributed by atoms with van der Waals surface area (Å²) in [6.45, 7) is 3.81. The number of carboxylic acids is 1. The molecule has 0 saturated carbocycles. The molecule has 29 heavy (non-hydrogen) atoms. The van der Waals surface area contributed by atoms with Gasteiger partial charge < -0.3 is 10.2 Å². The third-order valence-electron chi connectivity index (χ3n) is 4.38. The molecule has 2 aromatic rings. The van der Waals surface area contributed by atoms with E-state index >= 15 is 0 Å². The molecule has 0 fully saturated rings. The first kappa shape index (κ1) is 22.8. The second kappa shape index (κ2) is 9.84. The minimum absolute atomic E-state index is 0.00581. The van der Waals surface area contributed by atoms with Crippen LogP contribution in [0.1, 0.15) is 25.8 Å². The molecule has 0 bridgehead atoms. The molecule has 0 spiro atoms. The van der Waals surface area contributed by atoms with Crippen molar-refractivity contribution in [3.8, 4) is 0 Å². The fraction of sp³-hybridized carbons (Fsp3) is 0.421. The molecule has 1 aromatic carbocycles. The average molecular weight is 444 g/mol. The molecule has 1 heterocycles. The number of halogens is 2. The van der Waals surface area contributed by atoms with E-state index < -0.39 is 18.1 Å². The highest BCUT2D eigenvalue weighted by atomic mass is 35.5. The summed E-state index contributed by atoms with van der Waals surface area (Å²) in [5.74, 6) is -1.20. The molecule has 1 amide bonds.